The van der Waals surface area contributed by atoms with E-state index in [4.69, 9.17) is 0 Å². The summed E-state index contributed by atoms with van der Waals surface area (Å²) in [5, 5.41) is 3.49. The van der Waals surface area contributed by atoms with Crippen LogP contribution in [0.25, 0.3) is 0 Å². The van der Waals surface area contributed by atoms with Crippen molar-refractivity contribution in [1.82, 2.24) is 5.32 Å². The van der Waals surface area contributed by atoms with Crippen molar-refractivity contribution in [2.45, 2.75) is 46.0 Å². The highest BCUT2D eigenvalue weighted by Crippen LogP contribution is 2.41. The fourth-order valence-corrected chi connectivity index (χ4v) is 3.43. The Bertz CT molecular complexity index is 459. The summed E-state index contributed by atoms with van der Waals surface area (Å²) in [5.74, 6) is 0.348. The Balaban J connectivity index is 2.13. The lowest BCUT2D eigenvalue weighted by Crippen LogP contribution is -2.33. The van der Waals surface area contributed by atoms with Crippen molar-refractivity contribution in [3.63, 3.8) is 0 Å². The topological polar surface area (TPSA) is 12.0 Å². The maximum atomic E-state index is 14.1. The van der Waals surface area contributed by atoms with Crippen LogP contribution >= 0.6 is 0 Å². The number of rotatable bonds is 5. The molecule has 1 aliphatic rings. The molecule has 0 radical (unpaired) electrons. The first-order valence-electron chi connectivity index (χ1n) is 8.13. The van der Waals surface area contributed by atoms with Gasteiger partial charge in [-0.2, -0.15) is 0 Å². The molecule has 0 saturated heterocycles. The fourth-order valence-electron chi connectivity index (χ4n) is 3.43. The summed E-state index contributed by atoms with van der Waals surface area (Å²) in [4.78, 5) is 0. The molecular weight excluding hydrogens is 268 g/mol. The smallest absolute Gasteiger partial charge is 0.162 e. The van der Waals surface area contributed by atoms with Gasteiger partial charge in [-0.1, -0.05) is 39.3 Å². The van der Waals surface area contributed by atoms with Gasteiger partial charge < -0.3 is 5.32 Å². The van der Waals surface area contributed by atoms with Crippen molar-refractivity contribution in [2.24, 2.45) is 17.8 Å². The van der Waals surface area contributed by atoms with Gasteiger partial charge in [0.1, 0.15) is 0 Å². The van der Waals surface area contributed by atoms with E-state index in [2.05, 4.69) is 26.1 Å². The van der Waals surface area contributed by atoms with Crippen LogP contribution in [0.5, 0.6) is 0 Å². The van der Waals surface area contributed by atoms with Gasteiger partial charge in [-0.3, -0.25) is 0 Å². The SMILES string of the molecule is CC(C)CNCC1CCC(C)CC1c1cccc(F)c1F. The van der Waals surface area contributed by atoms with Crippen molar-refractivity contribution in [3.8, 4) is 0 Å². The molecule has 0 heterocycles. The zero-order chi connectivity index (χ0) is 15.4. The lowest BCUT2D eigenvalue weighted by molar-refractivity contribution is 0.235. The molecule has 3 atom stereocenters. The van der Waals surface area contributed by atoms with Crippen LogP contribution in [0.3, 0.4) is 0 Å². The molecule has 0 amide bonds. The molecule has 21 heavy (non-hydrogen) atoms. The Kier molecular flexibility index (Phi) is 5.74. The van der Waals surface area contributed by atoms with Crippen LogP contribution in [0.15, 0.2) is 18.2 Å². The van der Waals surface area contributed by atoms with Crippen LogP contribution in [0.2, 0.25) is 0 Å². The third-order valence-corrected chi connectivity index (χ3v) is 4.60. The molecule has 3 unspecified atom stereocenters. The van der Waals surface area contributed by atoms with Gasteiger partial charge in [-0.15, -0.1) is 0 Å². The van der Waals surface area contributed by atoms with Gasteiger partial charge in [0, 0.05) is 0 Å². The molecule has 3 heteroatoms. The minimum atomic E-state index is -0.723. The Labute approximate surface area is 127 Å². The van der Waals surface area contributed by atoms with Gasteiger partial charge in [0.2, 0.25) is 0 Å². The van der Waals surface area contributed by atoms with Crippen LogP contribution in [-0.2, 0) is 0 Å². The largest absolute Gasteiger partial charge is 0.316 e. The van der Waals surface area contributed by atoms with Gasteiger partial charge in [0.25, 0.3) is 0 Å². The van der Waals surface area contributed by atoms with E-state index in [1.807, 2.05) is 0 Å². The summed E-state index contributed by atoms with van der Waals surface area (Å²) in [6.45, 7) is 8.44. The maximum Gasteiger partial charge on any atom is 0.162 e. The van der Waals surface area contributed by atoms with Gasteiger partial charge >= 0.3 is 0 Å². The number of benzene rings is 1. The quantitative estimate of drug-likeness (QED) is 0.828. The van der Waals surface area contributed by atoms with Crippen molar-refractivity contribution in [1.29, 1.82) is 0 Å². The average Bonchev–Trinajstić information content (AvgIpc) is 2.43. The number of halogens is 2. The van der Waals surface area contributed by atoms with Gasteiger partial charge in [0.05, 0.1) is 0 Å². The standard InChI is InChI=1S/C18H27F2N/c1-12(2)10-21-11-14-8-7-13(3)9-16(14)15-5-4-6-17(19)18(15)20/h4-6,12-14,16,21H,7-11H2,1-3H3. The first-order valence-corrected chi connectivity index (χ1v) is 8.13. The van der Waals surface area contributed by atoms with Crippen molar-refractivity contribution >= 4 is 0 Å². The minimum Gasteiger partial charge on any atom is -0.316 e. The number of nitrogens with one attached hydrogen (secondary N) is 1. The van der Waals surface area contributed by atoms with E-state index >= 15 is 0 Å². The summed E-state index contributed by atoms with van der Waals surface area (Å²) in [7, 11) is 0. The molecule has 2 rings (SSSR count). The third-order valence-electron chi connectivity index (χ3n) is 4.60. The Morgan fingerprint density at radius 3 is 2.71 bits per heavy atom. The summed E-state index contributed by atoms with van der Waals surface area (Å²) in [5.41, 5.74) is 0.567. The second-order valence-electron chi connectivity index (χ2n) is 6.98. The fraction of sp³-hybridized carbons (Fsp3) is 0.667. The number of hydrogen-bond donors (Lipinski definition) is 1. The van der Waals surface area contributed by atoms with Crippen LogP contribution in [0.1, 0.15) is 51.5 Å². The predicted molar refractivity (Wildman–Crippen MR) is 83.3 cm³/mol. The lowest BCUT2D eigenvalue weighted by atomic mass is 9.71. The zero-order valence-electron chi connectivity index (χ0n) is 13.3. The van der Waals surface area contributed by atoms with Crippen molar-refractivity contribution in [2.75, 3.05) is 13.1 Å². The summed E-state index contributed by atoms with van der Waals surface area (Å²) in [6.07, 6.45) is 3.22. The lowest BCUT2D eigenvalue weighted by Gasteiger charge is -2.36. The van der Waals surface area contributed by atoms with E-state index < -0.39 is 11.6 Å². The molecule has 0 aromatic heterocycles. The van der Waals surface area contributed by atoms with E-state index in [1.165, 1.54) is 12.5 Å². The second-order valence-corrected chi connectivity index (χ2v) is 6.98. The van der Waals surface area contributed by atoms with Crippen molar-refractivity contribution in [3.05, 3.63) is 35.4 Å². The highest BCUT2D eigenvalue weighted by atomic mass is 19.2. The molecule has 0 spiro atoms. The van der Waals surface area contributed by atoms with E-state index in [0.717, 1.165) is 25.9 Å². The molecule has 1 N–H and O–H groups in total. The Hall–Kier alpha value is -0.960. The average molecular weight is 295 g/mol. The van der Waals surface area contributed by atoms with Gasteiger partial charge in [-0.05, 0) is 61.2 Å². The first kappa shape index (κ1) is 16.4. The molecule has 0 bridgehead atoms. The van der Waals surface area contributed by atoms with E-state index in [9.17, 15) is 8.78 Å². The predicted octanol–water partition coefficient (Wildman–Crippen LogP) is 4.73. The Morgan fingerprint density at radius 1 is 1.24 bits per heavy atom. The normalized spacial score (nSPS) is 26.3. The monoisotopic (exact) mass is 295 g/mol. The van der Waals surface area contributed by atoms with E-state index in [0.29, 0.717) is 23.3 Å². The molecule has 1 saturated carbocycles. The highest BCUT2D eigenvalue weighted by Gasteiger charge is 2.31. The molecule has 118 valence electrons. The molecular formula is C18H27F2N. The highest BCUT2D eigenvalue weighted by molar-refractivity contribution is 5.24. The summed E-state index contributed by atoms with van der Waals surface area (Å²) in [6, 6.07) is 4.60. The van der Waals surface area contributed by atoms with E-state index in [-0.39, 0.29) is 5.92 Å². The Morgan fingerprint density at radius 2 is 2.00 bits per heavy atom. The summed E-state index contributed by atoms with van der Waals surface area (Å²) >= 11 is 0. The number of hydrogen-bond acceptors (Lipinski definition) is 1. The van der Waals surface area contributed by atoms with Gasteiger partial charge in [0.15, 0.2) is 11.6 Å². The molecule has 1 aliphatic carbocycles. The zero-order valence-corrected chi connectivity index (χ0v) is 13.3. The van der Waals surface area contributed by atoms with Gasteiger partial charge in [-0.25, -0.2) is 8.78 Å². The van der Waals surface area contributed by atoms with E-state index in [1.54, 1.807) is 12.1 Å². The van der Waals surface area contributed by atoms with Crippen LogP contribution in [-0.4, -0.2) is 13.1 Å². The molecule has 1 fully saturated rings. The van der Waals surface area contributed by atoms with Crippen molar-refractivity contribution < 1.29 is 8.78 Å². The minimum absolute atomic E-state index is 0.129. The molecule has 1 nitrogen and oxygen atoms in total. The second kappa shape index (κ2) is 7.35. The molecule has 1 aromatic carbocycles. The summed E-state index contributed by atoms with van der Waals surface area (Å²) < 4.78 is 27.7. The van der Waals surface area contributed by atoms with Crippen LogP contribution in [0.4, 0.5) is 8.78 Å². The first-order chi connectivity index (χ1) is 9.99. The molecule has 1 aromatic rings. The molecule has 0 aliphatic heterocycles. The van der Waals surface area contributed by atoms with Crippen LogP contribution < -0.4 is 5.32 Å². The third kappa shape index (κ3) is 4.26. The van der Waals surface area contributed by atoms with Crippen LogP contribution in [0, 0.1) is 29.4 Å². The maximum absolute atomic E-state index is 14.1.